The molecular weight excluding hydrogens is 268 g/mol. The Morgan fingerprint density at radius 1 is 1.29 bits per heavy atom. The molecule has 2 amide bonds. The van der Waals surface area contributed by atoms with E-state index in [2.05, 4.69) is 12.2 Å². The van der Waals surface area contributed by atoms with Crippen molar-refractivity contribution >= 4 is 17.7 Å². The minimum atomic E-state index is -0.929. The van der Waals surface area contributed by atoms with Crippen LogP contribution < -0.4 is 10.2 Å². The van der Waals surface area contributed by atoms with Gasteiger partial charge in [0.05, 0.1) is 5.56 Å². The number of fused-ring (bicyclic) bond motifs is 1. The topological polar surface area (TPSA) is 69.6 Å². The van der Waals surface area contributed by atoms with E-state index in [1.165, 1.54) is 0 Å². The fourth-order valence-electron chi connectivity index (χ4n) is 3.10. The van der Waals surface area contributed by atoms with E-state index in [1.807, 2.05) is 0 Å². The van der Waals surface area contributed by atoms with Gasteiger partial charge in [-0.3, -0.25) is 4.90 Å². The second kappa shape index (κ2) is 5.06. The van der Waals surface area contributed by atoms with Gasteiger partial charge < -0.3 is 10.4 Å². The van der Waals surface area contributed by atoms with Gasteiger partial charge in [-0.25, -0.2) is 9.59 Å². The number of hydrogen-bond donors (Lipinski definition) is 2. The molecule has 1 aliphatic carbocycles. The van der Waals surface area contributed by atoms with Crippen LogP contribution in [0.25, 0.3) is 0 Å². The van der Waals surface area contributed by atoms with Crippen LogP contribution in [0, 0.1) is 0 Å². The Morgan fingerprint density at radius 3 is 2.67 bits per heavy atom. The average Bonchev–Trinajstić information content (AvgIpc) is 2.44. The van der Waals surface area contributed by atoms with Crippen LogP contribution >= 0.6 is 0 Å². The fourth-order valence-corrected chi connectivity index (χ4v) is 3.10. The Labute approximate surface area is 123 Å². The molecule has 1 aromatic rings. The standard InChI is InChI=1S/C16H20N2O3/c1-16(7-3-8-16)17-15(21)18-9-2-4-11-10-12(14(19)20)5-6-13(11)18/h5-6,10H,2-4,7-9H2,1H3,(H,17,21)(H,19,20). The largest absolute Gasteiger partial charge is 0.478 e. The molecule has 5 nitrogen and oxygen atoms in total. The summed E-state index contributed by atoms with van der Waals surface area (Å²) in [6.07, 6.45) is 4.89. The van der Waals surface area contributed by atoms with E-state index in [4.69, 9.17) is 5.11 Å². The molecule has 1 aliphatic heterocycles. The number of aromatic carboxylic acids is 1. The Balaban J connectivity index is 1.83. The summed E-state index contributed by atoms with van der Waals surface area (Å²) in [7, 11) is 0. The predicted octanol–water partition coefficient (Wildman–Crippen LogP) is 2.79. The second-order valence-electron chi connectivity index (χ2n) is 6.25. The smallest absolute Gasteiger partial charge is 0.335 e. The third-order valence-electron chi connectivity index (χ3n) is 4.56. The van der Waals surface area contributed by atoms with Crippen molar-refractivity contribution in [1.29, 1.82) is 0 Å². The number of rotatable bonds is 2. The zero-order valence-corrected chi connectivity index (χ0v) is 12.2. The Morgan fingerprint density at radius 2 is 2.05 bits per heavy atom. The van der Waals surface area contributed by atoms with Gasteiger partial charge in [0.1, 0.15) is 0 Å². The number of carbonyl (C=O) groups excluding carboxylic acids is 1. The first-order valence-corrected chi connectivity index (χ1v) is 7.44. The van der Waals surface area contributed by atoms with Crippen LogP contribution in [0.2, 0.25) is 0 Å². The highest BCUT2D eigenvalue weighted by Crippen LogP contribution is 2.33. The zero-order chi connectivity index (χ0) is 15.0. The normalized spacial score (nSPS) is 19.4. The lowest BCUT2D eigenvalue weighted by Crippen LogP contribution is -2.56. The van der Waals surface area contributed by atoms with Gasteiger partial charge in [0.15, 0.2) is 0 Å². The number of nitrogens with zero attached hydrogens (tertiary/aromatic N) is 1. The Hall–Kier alpha value is -2.04. The summed E-state index contributed by atoms with van der Waals surface area (Å²) in [6.45, 7) is 2.76. The molecule has 1 fully saturated rings. The van der Waals surface area contributed by atoms with Crippen molar-refractivity contribution in [2.24, 2.45) is 0 Å². The minimum absolute atomic E-state index is 0.0683. The first kappa shape index (κ1) is 13.9. The van der Waals surface area contributed by atoms with Crippen LogP contribution in [0.3, 0.4) is 0 Å². The molecule has 1 saturated carbocycles. The SMILES string of the molecule is CC1(NC(=O)N2CCCc3cc(C(=O)O)ccc32)CCC1. The third-order valence-corrected chi connectivity index (χ3v) is 4.56. The molecule has 0 aromatic heterocycles. The molecule has 0 bridgehead atoms. The maximum atomic E-state index is 12.5. The first-order chi connectivity index (χ1) is 9.98. The molecular formula is C16H20N2O3. The number of urea groups is 1. The first-order valence-electron chi connectivity index (χ1n) is 7.44. The third kappa shape index (κ3) is 2.60. The molecule has 21 heavy (non-hydrogen) atoms. The summed E-state index contributed by atoms with van der Waals surface area (Å²) in [5, 5.41) is 12.2. The molecule has 2 N–H and O–H groups in total. The summed E-state index contributed by atoms with van der Waals surface area (Å²) in [5.41, 5.74) is 1.99. The van der Waals surface area contributed by atoms with E-state index in [9.17, 15) is 9.59 Å². The lowest BCUT2D eigenvalue weighted by molar-refractivity contribution is 0.0696. The minimum Gasteiger partial charge on any atom is -0.478 e. The predicted molar refractivity (Wildman–Crippen MR) is 79.9 cm³/mol. The molecule has 2 aliphatic rings. The highest BCUT2D eigenvalue weighted by Gasteiger charge is 2.35. The summed E-state index contributed by atoms with van der Waals surface area (Å²) in [4.78, 5) is 25.3. The molecule has 0 unspecified atom stereocenters. The van der Waals surface area contributed by atoms with Crippen LogP contribution in [-0.4, -0.2) is 29.2 Å². The van der Waals surface area contributed by atoms with Gasteiger partial charge >= 0.3 is 12.0 Å². The van der Waals surface area contributed by atoms with E-state index in [1.54, 1.807) is 23.1 Å². The average molecular weight is 288 g/mol. The molecule has 1 aromatic carbocycles. The number of aryl methyl sites for hydroxylation is 1. The number of nitrogens with one attached hydrogen (secondary N) is 1. The monoisotopic (exact) mass is 288 g/mol. The van der Waals surface area contributed by atoms with Crippen molar-refractivity contribution < 1.29 is 14.7 Å². The quantitative estimate of drug-likeness (QED) is 0.879. The van der Waals surface area contributed by atoms with Gasteiger partial charge in [0, 0.05) is 17.8 Å². The number of hydrogen-bond acceptors (Lipinski definition) is 2. The van der Waals surface area contributed by atoms with E-state index in [-0.39, 0.29) is 17.1 Å². The number of anilines is 1. The van der Waals surface area contributed by atoms with Crippen LogP contribution in [0.4, 0.5) is 10.5 Å². The molecule has 0 spiro atoms. The van der Waals surface area contributed by atoms with Crippen molar-refractivity contribution in [2.45, 2.75) is 44.6 Å². The van der Waals surface area contributed by atoms with Crippen LogP contribution in [0.5, 0.6) is 0 Å². The van der Waals surface area contributed by atoms with Gasteiger partial charge in [0.2, 0.25) is 0 Å². The van der Waals surface area contributed by atoms with Crippen molar-refractivity contribution in [3.8, 4) is 0 Å². The van der Waals surface area contributed by atoms with Crippen molar-refractivity contribution in [2.75, 3.05) is 11.4 Å². The molecule has 1 heterocycles. The maximum Gasteiger partial charge on any atom is 0.335 e. The van der Waals surface area contributed by atoms with Crippen LogP contribution in [0.15, 0.2) is 18.2 Å². The molecule has 3 rings (SSSR count). The summed E-state index contributed by atoms with van der Waals surface area (Å²) < 4.78 is 0. The van der Waals surface area contributed by atoms with E-state index >= 15 is 0 Å². The molecule has 0 radical (unpaired) electrons. The fraction of sp³-hybridized carbons (Fsp3) is 0.500. The van der Waals surface area contributed by atoms with Gasteiger partial charge in [-0.2, -0.15) is 0 Å². The van der Waals surface area contributed by atoms with Crippen LogP contribution in [-0.2, 0) is 6.42 Å². The number of amides is 2. The highest BCUT2D eigenvalue weighted by molar-refractivity contribution is 5.95. The van der Waals surface area contributed by atoms with E-state index in [0.29, 0.717) is 6.54 Å². The van der Waals surface area contributed by atoms with Crippen molar-refractivity contribution in [1.82, 2.24) is 5.32 Å². The number of carboxylic acid groups (broad SMARTS) is 1. The number of carboxylic acids is 1. The number of carbonyl (C=O) groups is 2. The highest BCUT2D eigenvalue weighted by atomic mass is 16.4. The van der Waals surface area contributed by atoms with Gasteiger partial charge in [-0.05, 0) is 62.8 Å². The maximum absolute atomic E-state index is 12.5. The molecule has 112 valence electrons. The van der Waals surface area contributed by atoms with Crippen molar-refractivity contribution in [3.63, 3.8) is 0 Å². The van der Waals surface area contributed by atoms with E-state index in [0.717, 1.165) is 43.4 Å². The van der Waals surface area contributed by atoms with Gasteiger partial charge in [0.25, 0.3) is 0 Å². The molecule has 0 atom stereocenters. The van der Waals surface area contributed by atoms with Gasteiger partial charge in [-0.1, -0.05) is 0 Å². The Kier molecular flexibility index (Phi) is 3.35. The van der Waals surface area contributed by atoms with Crippen LogP contribution in [0.1, 0.15) is 48.5 Å². The summed E-state index contributed by atoms with van der Waals surface area (Å²) >= 11 is 0. The summed E-state index contributed by atoms with van der Waals surface area (Å²) in [6, 6.07) is 4.93. The van der Waals surface area contributed by atoms with E-state index < -0.39 is 5.97 Å². The number of benzene rings is 1. The second-order valence-corrected chi connectivity index (χ2v) is 6.25. The summed E-state index contributed by atoms with van der Waals surface area (Å²) in [5.74, 6) is -0.929. The zero-order valence-electron chi connectivity index (χ0n) is 12.2. The lowest BCUT2D eigenvalue weighted by Gasteiger charge is -2.41. The Bertz CT molecular complexity index is 593. The molecule has 5 heteroatoms. The molecule has 0 saturated heterocycles. The lowest BCUT2D eigenvalue weighted by atomic mass is 9.79. The van der Waals surface area contributed by atoms with Gasteiger partial charge in [-0.15, -0.1) is 0 Å². The van der Waals surface area contributed by atoms with Crippen molar-refractivity contribution in [3.05, 3.63) is 29.3 Å².